The van der Waals surface area contributed by atoms with Crippen LogP contribution in [-0.4, -0.2) is 37.0 Å². The summed E-state index contributed by atoms with van der Waals surface area (Å²) < 4.78 is 5.51. The minimum Gasteiger partial charge on any atom is -0.494 e. The lowest BCUT2D eigenvalue weighted by Gasteiger charge is -2.35. The number of ether oxygens (including phenoxy) is 1. The van der Waals surface area contributed by atoms with Crippen LogP contribution in [0.2, 0.25) is 0 Å². The van der Waals surface area contributed by atoms with E-state index in [1.165, 1.54) is 30.4 Å². The van der Waals surface area contributed by atoms with Gasteiger partial charge in [0.15, 0.2) is 0 Å². The van der Waals surface area contributed by atoms with Crippen molar-refractivity contribution in [2.75, 3.05) is 26.2 Å². The first kappa shape index (κ1) is 19.4. The molecule has 1 heterocycles. The van der Waals surface area contributed by atoms with Gasteiger partial charge in [0.2, 0.25) is 0 Å². The second-order valence-electron chi connectivity index (χ2n) is 7.19. The van der Waals surface area contributed by atoms with Gasteiger partial charge in [-0.2, -0.15) is 0 Å². The largest absolute Gasteiger partial charge is 0.494 e. The standard InChI is InChI=1S/C23H30N2O2/c1-3-27-21-9-7-8-20(16-21)23(26)24-17-22(25-14-5-4-6-15-25)19-12-10-18(2)11-13-19/h7-13,16,22H,3-6,14-15,17H2,1-2H3,(H,24,26)/t22-/m1/s1. The molecule has 144 valence electrons. The average molecular weight is 367 g/mol. The van der Waals surface area contributed by atoms with Gasteiger partial charge in [-0.3, -0.25) is 9.69 Å². The topological polar surface area (TPSA) is 41.6 Å². The molecule has 0 aromatic heterocycles. The molecule has 1 fully saturated rings. The lowest BCUT2D eigenvalue weighted by atomic mass is 10.0. The van der Waals surface area contributed by atoms with E-state index in [0.717, 1.165) is 18.8 Å². The summed E-state index contributed by atoms with van der Waals surface area (Å²) in [6.07, 6.45) is 3.76. The van der Waals surface area contributed by atoms with Crippen LogP contribution in [0.15, 0.2) is 48.5 Å². The Morgan fingerprint density at radius 1 is 1.11 bits per heavy atom. The van der Waals surface area contributed by atoms with E-state index in [9.17, 15) is 4.79 Å². The molecule has 0 radical (unpaired) electrons. The molecule has 1 aliphatic heterocycles. The fourth-order valence-corrected chi connectivity index (χ4v) is 3.66. The van der Waals surface area contributed by atoms with E-state index in [-0.39, 0.29) is 11.9 Å². The minimum atomic E-state index is -0.0503. The number of nitrogens with zero attached hydrogens (tertiary/aromatic N) is 1. The Bertz CT molecular complexity index is 736. The number of piperidine rings is 1. The minimum absolute atomic E-state index is 0.0503. The SMILES string of the molecule is CCOc1cccc(C(=O)NC[C@H](c2ccc(C)cc2)N2CCCCC2)c1. The zero-order chi connectivity index (χ0) is 19.1. The molecule has 27 heavy (non-hydrogen) atoms. The van der Waals surface area contributed by atoms with Crippen LogP contribution in [0.4, 0.5) is 0 Å². The number of likely N-dealkylation sites (tertiary alicyclic amines) is 1. The van der Waals surface area contributed by atoms with Gasteiger partial charge in [0.1, 0.15) is 5.75 Å². The van der Waals surface area contributed by atoms with E-state index in [2.05, 4.69) is 41.4 Å². The third-order valence-electron chi connectivity index (χ3n) is 5.16. The predicted molar refractivity (Wildman–Crippen MR) is 109 cm³/mol. The lowest BCUT2D eigenvalue weighted by Crippen LogP contribution is -2.40. The van der Waals surface area contributed by atoms with Crippen molar-refractivity contribution in [1.82, 2.24) is 10.2 Å². The van der Waals surface area contributed by atoms with Gasteiger partial charge in [-0.05, 0) is 63.5 Å². The molecule has 4 nitrogen and oxygen atoms in total. The maximum atomic E-state index is 12.7. The first-order chi connectivity index (χ1) is 13.2. The normalized spacial score (nSPS) is 15.9. The molecular formula is C23H30N2O2. The highest BCUT2D eigenvalue weighted by atomic mass is 16.5. The average Bonchev–Trinajstić information content (AvgIpc) is 2.70. The van der Waals surface area contributed by atoms with Gasteiger partial charge in [0, 0.05) is 12.1 Å². The van der Waals surface area contributed by atoms with E-state index >= 15 is 0 Å². The Morgan fingerprint density at radius 3 is 2.56 bits per heavy atom. The van der Waals surface area contributed by atoms with Gasteiger partial charge in [-0.25, -0.2) is 0 Å². The molecule has 3 rings (SSSR count). The molecule has 0 aliphatic carbocycles. The second kappa shape index (κ2) is 9.56. The zero-order valence-corrected chi connectivity index (χ0v) is 16.4. The fourth-order valence-electron chi connectivity index (χ4n) is 3.66. The monoisotopic (exact) mass is 366 g/mol. The third kappa shape index (κ3) is 5.33. The number of carbonyl (C=O) groups excluding carboxylic acids is 1. The Balaban J connectivity index is 1.71. The van der Waals surface area contributed by atoms with E-state index in [4.69, 9.17) is 4.74 Å². The van der Waals surface area contributed by atoms with E-state index in [0.29, 0.717) is 18.7 Å². The van der Waals surface area contributed by atoms with Crippen molar-refractivity contribution in [3.63, 3.8) is 0 Å². The molecule has 2 aromatic rings. The van der Waals surface area contributed by atoms with Gasteiger partial charge in [-0.1, -0.05) is 42.3 Å². The first-order valence-electron chi connectivity index (χ1n) is 9.99. The number of nitrogens with one attached hydrogen (secondary N) is 1. The maximum Gasteiger partial charge on any atom is 0.251 e. The summed E-state index contributed by atoms with van der Waals surface area (Å²) in [7, 11) is 0. The number of hydrogen-bond donors (Lipinski definition) is 1. The van der Waals surface area contributed by atoms with Crippen LogP contribution in [0.3, 0.4) is 0 Å². The Labute approximate surface area is 162 Å². The highest BCUT2D eigenvalue weighted by molar-refractivity contribution is 5.94. The molecule has 1 N–H and O–H groups in total. The van der Waals surface area contributed by atoms with Crippen LogP contribution < -0.4 is 10.1 Å². The predicted octanol–water partition coefficient (Wildman–Crippen LogP) is 4.35. The molecule has 0 bridgehead atoms. The van der Waals surface area contributed by atoms with E-state index in [1.807, 2.05) is 25.1 Å². The summed E-state index contributed by atoms with van der Waals surface area (Å²) in [4.78, 5) is 15.2. The molecule has 1 atom stereocenters. The first-order valence-corrected chi connectivity index (χ1v) is 9.99. The van der Waals surface area contributed by atoms with Crippen LogP contribution in [0.25, 0.3) is 0 Å². The summed E-state index contributed by atoms with van der Waals surface area (Å²) in [5.41, 5.74) is 3.17. The van der Waals surface area contributed by atoms with Crippen molar-refractivity contribution in [2.24, 2.45) is 0 Å². The van der Waals surface area contributed by atoms with Crippen LogP contribution in [-0.2, 0) is 0 Å². The summed E-state index contributed by atoms with van der Waals surface area (Å²) in [6, 6.07) is 16.3. The van der Waals surface area contributed by atoms with Crippen molar-refractivity contribution in [1.29, 1.82) is 0 Å². The molecular weight excluding hydrogens is 336 g/mol. The van der Waals surface area contributed by atoms with Crippen molar-refractivity contribution in [3.05, 3.63) is 65.2 Å². The molecule has 1 amide bonds. The Morgan fingerprint density at radius 2 is 1.85 bits per heavy atom. The van der Waals surface area contributed by atoms with Gasteiger partial charge in [0.05, 0.1) is 12.6 Å². The van der Waals surface area contributed by atoms with Crippen LogP contribution in [0, 0.1) is 6.92 Å². The highest BCUT2D eigenvalue weighted by Gasteiger charge is 2.23. The quantitative estimate of drug-likeness (QED) is 0.792. The number of benzene rings is 2. The van der Waals surface area contributed by atoms with Crippen molar-refractivity contribution >= 4 is 5.91 Å². The number of hydrogen-bond acceptors (Lipinski definition) is 3. The fraction of sp³-hybridized carbons (Fsp3) is 0.435. The summed E-state index contributed by atoms with van der Waals surface area (Å²) in [5.74, 6) is 0.682. The van der Waals surface area contributed by atoms with Crippen LogP contribution >= 0.6 is 0 Å². The van der Waals surface area contributed by atoms with Gasteiger partial charge < -0.3 is 10.1 Å². The molecule has 2 aromatic carbocycles. The lowest BCUT2D eigenvalue weighted by molar-refractivity contribution is 0.0924. The van der Waals surface area contributed by atoms with E-state index < -0.39 is 0 Å². The van der Waals surface area contributed by atoms with E-state index in [1.54, 1.807) is 6.07 Å². The third-order valence-corrected chi connectivity index (χ3v) is 5.16. The smallest absolute Gasteiger partial charge is 0.251 e. The number of carbonyl (C=O) groups is 1. The molecule has 4 heteroatoms. The van der Waals surface area contributed by atoms with Gasteiger partial charge >= 0.3 is 0 Å². The molecule has 1 aliphatic rings. The summed E-state index contributed by atoms with van der Waals surface area (Å²) in [6.45, 7) is 7.43. The molecule has 1 saturated heterocycles. The molecule has 0 saturated carbocycles. The molecule has 0 unspecified atom stereocenters. The van der Waals surface area contributed by atoms with Crippen LogP contribution in [0.5, 0.6) is 5.75 Å². The van der Waals surface area contributed by atoms with Crippen molar-refractivity contribution in [3.8, 4) is 5.75 Å². The van der Waals surface area contributed by atoms with Gasteiger partial charge in [0.25, 0.3) is 5.91 Å². The second-order valence-corrected chi connectivity index (χ2v) is 7.19. The Hall–Kier alpha value is -2.33. The zero-order valence-electron chi connectivity index (χ0n) is 16.4. The van der Waals surface area contributed by atoms with Gasteiger partial charge in [-0.15, -0.1) is 0 Å². The number of aryl methyl sites for hydroxylation is 1. The van der Waals surface area contributed by atoms with Crippen molar-refractivity contribution in [2.45, 2.75) is 39.2 Å². The maximum absolute atomic E-state index is 12.7. The van der Waals surface area contributed by atoms with Crippen molar-refractivity contribution < 1.29 is 9.53 Å². The summed E-state index contributed by atoms with van der Waals surface area (Å²) >= 11 is 0. The summed E-state index contributed by atoms with van der Waals surface area (Å²) in [5, 5.41) is 3.14. The molecule has 0 spiro atoms. The number of rotatable bonds is 7. The highest BCUT2D eigenvalue weighted by Crippen LogP contribution is 2.25. The number of amides is 1. The Kier molecular flexibility index (Phi) is 6.88. The van der Waals surface area contributed by atoms with Crippen LogP contribution in [0.1, 0.15) is 53.7 Å².